The Morgan fingerprint density at radius 2 is 1.31 bits per heavy atom. The summed E-state index contributed by atoms with van der Waals surface area (Å²) in [7, 11) is 0. The zero-order valence-corrected chi connectivity index (χ0v) is 34.8. The van der Waals surface area contributed by atoms with Crippen LogP contribution in [0, 0.1) is 5.92 Å². The number of benzene rings is 1. The van der Waals surface area contributed by atoms with Gasteiger partial charge in [0.2, 0.25) is 41.4 Å². The third-order valence-corrected chi connectivity index (χ3v) is 9.17. The van der Waals surface area contributed by atoms with Crippen LogP contribution < -0.4 is 48.7 Å². The second-order valence-electron chi connectivity index (χ2n) is 14.9. The summed E-state index contributed by atoms with van der Waals surface area (Å²) in [5.41, 5.74) is 12.1. The fourth-order valence-corrected chi connectivity index (χ4v) is 5.85. The third kappa shape index (κ3) is 18.9. The fourth-order valence-electron chi connectivity index (χ4n) is 5.85. The molecule has 0 saturated heterocycles. The number of unbranched alkanes of at least 4 members (excludes halogenated alkanes) is 1. The van der Waals surface area contributed by atoms with Crippen LogP contribution in [0.25, 0.3) is 0 Å². The van der Waals surface area contributed by atoms with Gasteiger partial charge in [-0.05, 0) is 50.6 Å². The number of imidazole rings is 1. The largest absolute Gasteiger partial charge is 0.481 e. The number of carboxylic acids is 2. The van der Waals surface area contributed by atoms with Crippen LogP contribution in [0.15, 0.2) is 42.9 Å². The molecule has 342 valence electrons. The highest BCUT2D eigenvalue weighted by Gasteiger charge is 2.32. The summed E-state index contributed by atoms with van der Waals surface area (Å²) in [5.74, 6) is -8.83. The standard InChI is InChI=1S/C39H59N11O12/c1-21(2)13-27(36(58)47-26(39(61)62)11-7-8-12-40)49-37(59)28(14-23-9-5-4-6-10-23)46-31(52)18-43-35(57)29(15-24-17-42-20-44-24)48-33(55)22(3)45-38(60)30(19-51)50-34(56)25(41)16-32(53)54/h4-6,9-10,17,20-22,25-30,51H,7-8,11-16,18-19,40-41H2,1-3H3,(H,42,44)(H,43,57)(H,45,60)(H,46,52)(H,47,58)(H,48,55)(H,49,59)(H,50,56)(H,53,54)(H,61,62)/t22-,25-,26-,27-,28-,29-,30-/m0/s1. The monoisotopic (exact) mass is 873 g/mol. The minimum absolute atomic E-state index is 0.0305. The predicted octanol–water partition coefficient (Wildman–Crippen LogP) is -3.71. The lowest BCUT2D eigenvalue weighted by atomic mass is 10.00. The average Bonchev–Trinajstić information content (AvgIpc) is 3.73. The van der Waals surface area contributed by atoms with E-state index in [0.717, 1.165) is 0 Å². The van der Waals surface area contributed by atoms with Crippen LogP contribution >= 0.6 is 0 Å². The minimum atomic E-state index is -1.60. The Morgan fingerprint density at radius 3 is 1.89 bits per heavy atom. The van der Waals surface area contributed by atoms with E-state index in [0.29, 0.717) is 30.6 Å². The van der Waals surface area contributed by atoms with Gasteiger partial charge >= 0.3 is 11.9 Å². The first-order valence-electron chi connectivity index (χ1n) is 20.0. The number of hydrogen-bond donors (Lipinski definition) is 13. The number of nitrogens with one attached hydrogen (secondary N) is 8. The topological polar surface area (TPSA) is 379 Å². The van der Waals surface area contributed by atoms with E-state index < -0.39 is 115 Å². The van der Waals surface area contributed by atoms with E-state index in [9.17, 15) is 53.4 Å². The highest BCUT2D eigenvalue weighted by atomic mass is 16.4. The fraction of sp³-hybridized carbons (Fsp3) is 0.538. The van der Waals surface area contributed by atoms with E-state index in [4.69, 9.17) is 16.6 Å². The van der Waals surface area contributed by atoms with Gasteiger partial charge in [-0.2, -0.15) is 0 Å². The van der Waals surface area contributed by atoms with Crippen molar-refractivity contribution >= 4 is 53.3 Å². The van der Waals surface area contributed by atoms with Crippen molar-refractivity contribution in [1.82, 2.24) is 47.2 Å². The number of hydrogen-bond acceptors (Lipinski definition) is 13. The number of carboxylic acid groups (broad SMARTS) is 2. The van der Waals surface area contributed by atoms with Gasteiger partial charge in [0.15, 0.2) is 0 Å². The van der Waals surface area contributed by atoms with Gasteiger partial charge in [-0.1, -0.05) is 44.2 Å². The molecule has 0 aliphatic carbocycles. The summed E-state index contributed by atoms with van der Waals surface area (Å²) in [5, 5.41) is 45.2. The molecule has 2 rings (SSSR count). The van der Waals surface area contributed by atoms with Crippen molar-refractivity contribution in [3.63, 3.8) is 0 Å². The number of H-pyrrole nitrogens is 1. The molecule has 0 spiro atoms. The van der Waals surface area contributed by atoms with Crippen LogP contribution in [-0.2, 0) is 56.0 Å². The molecule has 0 unspecified atom stereocenters. The lowest BCUT2D eigenvalue weighted by molar-refractivity contribution is -0.142. The molecule has 62 heavy (non-hydrogen) atoms. The van der Waals surface area contributed by atoms with Crippen molar-refractivity contribution in [2.75, 3.05) is 19.7 Å². The van der Waals surface area contributed by atoms with Gasteiger partial charge < -0.3 is 69.0 Å². The number of carbonyl (C=O) groups excluding carboxylic acids is 7. The Morgan fingerprint density at radius 1 is 0.710 bits per heavy atom. The van der Waals surface area contributed by atoms with Gasteiger partial charge in [0.05, 0.1) is 31.9 Å². The van der Waals surface area contributed by atoms with E-state index in [1.807, 2.05) is 13.8 Å². The van der Waals surface area contributed by atoms with Gasteiger partial charge in [0.25, 0.3) is 0 Å². The van der Waals surface area contributed by atoms with Crippen LogP contribution in [0.5, 0.6) is 0 Å². The number of aliphatic hydroxyl groups is 1. The van der Waals surface area contributed by atoms with E-state index in [2.05, 4.69) is 47.2 Å². The van der Waals surface area contributed by atoms with Crippen LogP contribution in [0.1, 0.15) is 64.1 Å². The molecule has 0 aliphatic rings. The van der Waals surface area contributed by atoms with E-state index >= 15 is 0 Å². The molecule has 0 fully saturated rings. The summed E-state index contributed by atoms with van der Waals surface area (Å²) in [6, 6.07) is -0.858. The number of carbonyl (C=O) groups is 9. The minimum Gasteiger partial charge on any atom is -0.481 e. The van der Waals surface area contributed by atoms with Crippen molar-refractivity contribution in [3.8, 4) is 0 Å². The Labute approximate surface area is 357 Å². The third-order valence-electron chi connectivity index (χ3n) is 9.17. The number of nitrogens with two attached hydrogens (primary N) is 2. The zero-order chi connectivity index (χ0) is 46.4. The number of aromatic nitrogens is 2. The van der Waals surface area contributed by atoms with Gasteiger partial charge in [0.1, 0.15) is 36.3 Å². The van der Waals surface area contributed by atoms with Gasteiger partial charge in [-0.25, -0.2) is 9.78 Å². The predicted molar refractivity (Wildman–Crippen MR) is 220 cm³/mol. The first kappa shape index (κ1) is 51.7. The van der Waals surface area contributed by atoms with E-state index in [1.54, 1.807) is 30.3 Å². The Balaban J connectivity index is 2.18. The average molecular weight is 874 g/mol. The van der Waals surface area contributed by atoms with Crippen molar-refractivity contribution < 1.29 is 58.5 Å². The summed E-state index contributed by atoms with van der Waals surface area (Å²) in [4.78, 5) is 122. The molecule has 7 atom stereocenters. The van der Waals surface area contributed by atoms with Crippen LogP contribution in [0.4, 0.5) is 0 Å². The molecule has 2 aromatic rings. The highest BCUT2D eigenvalue weighted by Crippen LogP contribution is 2.10. The van der Waals surface area contributed by atoms with Gasteiger partial charge in [-0.3, -0.25) is 38.4 Å². The van der Waals surface area contributed by atoms with Gasteiger partial charge in [0, 0.05) is 24.7 Å². The van der Waals surface area contributed by atoms with Crippen LogP contribution in [-0.4, -0.2) is 141 Å². The molecular weight excluding hydrogens is 814 g/mol. The molecule has 1 heterocycles. The Hall–Kier alpha value is -6.46. The van der Waals surface area contributed by atoms with Crippen molar-refractivity contribution in [1.29, 1.82) is 0 Å². The molecular formula is C39H59N11O12. The maximum absolute atomic E-state index is 13.8. The van der Waals surface area contributed by atoms with Crippen LogP contribution in [0.2, 0.25) is 0 Å². The van der Waals surface area contributed by atoms with Gasteiger partial charge in [-0.15, -0.1) is 0 Å². The maximum Gasteiger partial charge on any atom is 0.326 e. The first-order valence-corrected chi connectivity index (χ1v) is 20.0. The van der Waals surface area contributed by atoms with Crippen LogP contribution in [0.3, 0.4) is 0 Å². The number of rotatable bonds is 28. The molecule has 0 aliphatic heterocycles. The second kappa shape index (κ2) is 26.7. The Bertz CT molecular complexity index is 1810. The maximum atomic E-state index is 13.8. The molecule has 23 nitrogen and oxygen atoms in total. The lowest BCUT2D eigenvalue weighted by Crippen LogP contribution is -2.59. The Kier molecular flexibility index (Phi) is 22.2. The smallest absolute Gasteiger partial charge is 0.326 e. The number of aliphatic hydroxyl groups excluding tert-OH is 1. The molecule has 15 N–H and O–H groups in total. The molecule has 7 amide bonds. The summed E-state index contributed by atoms with van der Waals surface area (Å²) >= 11 is 0. The first-order chi connectivity index (χ1) is 29.3. The lowest BCUT2D eigenvalue weighted by Gasteiger charge is -2.26. The summed E-state index contributed by atoms with van der Waals surface area (Å²) in [6.45, 7) is 3.62. The number of amides is 7. The SMILES string of the molecule is CC(C)C[C@H](NC(=O)[C@H](Cc1ccccc1)NC(=O)CNC(=O)[C@H](Cc1cnc[nH]1)NC(=O)[C@H](C)NC(=O)[C@H](CO)NC(=O)[C@@H](N)CC(=O)O)C(=O)N[C@@H](CCCCN)C(=O)O. The molecule has 0 radical (unpaired) electrons. The van der Waals surface area contributed by atoms with E-state index in [-0.39, 0.29) is 31.6 Å². The highest BCUT2D eigenvalue weighted by molar-refractivity contribution is 5.97. The van der Waals surface area contributed by atoms with Crippen molar-refractivity contribution in [3.05, 3.63) is 54.1 Å². The van der Waals surface area contributed by atoms with Crippen molar-refractivity contribution in [2.45, 2.75) is 108 Å². The van der Waals surface area contributed by atoms with E-state index in [1.165, 1.54) is 19.4 Å². The summed E-state index contributed by atoms with van der Waals surface area (Å²) in [6.07, 6.45) is 3.05. The quantitative estimate of drug-likeness (QED) is 0.0366. The number of aromatic amines is 1. The number of aliphatic carboxylic acids is 2. The summed E-state index contributed by atoms with van der Waals surface area (Å²) < 4.78 is 0. The normalized spacial score (nSPS) is 14.4. The van der Waals surface area contributed by atoms with Crippen molar-refractivity contribution in [2.24, 2.45) is 17.4 Å². The molecule has 0 bridgehead atoms. The molecule has 1 aromatic carbocycles. The molecule has 23 heteroatoms. The number of nitrogens with zero attached hydrogens (tertiary/aromatic N) is 1. The zero-order valence-electron chi connectivity index (χ0n) is 34.8. The second-order valence-corrected chi connectivity index (χ2v) is 14.9. The molecule has 1 aromatic heterocycles. The molecule has 0 saturated carbocycles.